The minimum absolute atomic E-state index is 0.368. The SMILES string of the molecule is CCCNCc1cc(COc2ccc(Cl)c(Cl)c2)oc1C. The lowest BCUT2D eigenvalue weighted by molar-refractivity contribution is 0.267. The summed E-state index contributed by atoms with van der Waals surface area (Å²) in [6.45, 7) is 6.29. The Bertz CT molecular complexity index is 596. The molecule has 2 aromatic rings. The van der Waals surface area contributed by atoms with Gasteiger partial charge < -0.3 is 14.5 Å². The van der Waals surface area contributed by atoms with Gasteiger partial charge in [-0.15, -0.1) is 0 Å². The van der Waals surface area contributed by atoms with E-state index in [2.05, 4.69) is 12.2 Å². The van der Waals surface area contributed by atoms with E-state index in [-0.39, 0.29) is 0 Å². The topological polar surface area (TPSA) is 34.4 Å². The standard InChI is InChI=1S/C16H19Cl2NO2/c1-3-6-19-9-12-7-14(21-11(12)2)10-20-13-4-5-15(17)16(18)8-13/h4-5,7-8,19H,3,6,9-10H2,1-2H3. The van der Waals surface area contributed by atoms with Gasteiger partial charge in [0.1, 0.15) is 23.9 Å². The van der Waals surface area contributed by atoms with E-state index in [4.69, 9.17) is 32.4 Å². The number of rotatable bonds is 7. The Hall–Kier alpha value is -1.16. The molecule has 0 bridgehead atoms. The molecule has 0 saturated heterocycles. The number of nitrogens with one attached hydrogen (secondary N) is 1. The first-order valence-corrected chi connectivity index (χ1v) is 7.72. The molecule has 0 amide bonds. The molecular formula is C16H19Cl2NO2. The van der Waals surface area contributed by atoms with Crippen molar-refractivity contribution >= 4 is 23.2 Å². The molecule has 1 aromatic carbocycles. The van der Waals surface area contributed by atoms with E-state index in [0.717, 1.165) is 36.6 Å². The Labute approximate surface area is 135 Å². The number of hydrogen-bond donors (Lipinski definition) is 1. The van der Waals surface area contributed by atoms with Gasteiger partial charge in [-0.3, -0.25) is 0 Å². The van der Waals surface area contributed by atoms with Crippen molar-refractivity contribution in [3.05, 3.63) is 51.4 Å². The van der Waals surface area contributed by atoms with Gasteiger partial charge in [0.05, 0.1) is 10.0 Å². The summed E-state index contributed by atoms with van der Waals surface area (Å²) in [5.74, 6) is 2.39. The Balaban J connectivity index is 1.93. The number of furan rings is 1. The minimum atomic E-state index is 0.368. The molecule has 0 fully saturated rings. The normalized spacial score (nSPS) is 10.9. The number of benzene rings is 1. The average molecular weight is 328 g/mol. The highest BCUT2D eigenvalue weighted by molar-refractivity contribution is 6.42. The summed E-state index contributed by atoms with van der Waals surface area (Å²) in [6, 6.07) is 7.22. The molecule has 21 heavy (non-hydrogen) atoms. The van der Waals surface area contributed by atoms with Gasteiger partial charge in [0.25, 0.3) is 0 Å². The van der Waals surface area contributed by atoms with Gasteiger partial charge in [0, 0.05) is 18.2 Å². The van der Waals surface area contributed by atoms with Gasteiger partial charge in [-0.2, -0.15) is 0 Å². The number of halogens is 2. The Kier molecular flexibility index (Phi) is 5.97. The van der Waals surface area contributed by atoms with E-state index in [1.54, 1.807) is 18.2 Å². The largest absolute Gasteiger partial charge is 0.486 e. The monoisotopic (exact) mass is 327 g/mol. The van der Waals surface area contributed by atoms with Crippen LogP contribution in [0.1, 0.15) is 30.4 Å². The number of aryl methyl sites for hydroxylation is 1. The molecule has 114 valence electrons. The summed E-state index contributed by atoms with van der Waals surface area (Å²) in [7, 11) is 0. The maximum atomic E-state index is 5.95. The van der Waals surface area contributed by atoms with Crippen LogP contribution in [0.25, 0.3) is 0 Å². The fourth-order valence-corrected chi connectivity index (χ4v) is 2.24. The predicted octanol–water partition coefficient (Wildman–Crippen LogP) is 4.97. The van der Waals surface area contributed by atoms with Crippen molar-refractivity contribution in [1.82, 2.24) is 5.32 Å². The second kappa shape index (κ2) is 7.74. The molecule has 0 aliphatic rings. The predicted molar refractivity (Wildman–Crippen MR) is 86.2 cm³/mol. The highest BCUT2D eigenvalue weighted by atomic mass is 35.5. The summed E-state index contributed by atoms with van der Waals surface area (Å²) in [6.07, 6.45) is 1.12. The zero-order valence-corrected chi connectivity index (χ0v) is 13.7. The van der Waals surface area contributed by atoms with Gasteiger partial charge in [-0.25, -0.2) is 0 Å². The van der Waals surface area contributed by atoms with Crippen molar-refractivity contribution < 1.29 is 9.15 Å². The highest BCUT2D eigenvalue weighted by Crippen LogP contribution is 2.27. The van der Waals surface area contributed by atoms with Crippen LogP contribution in [0.5, 0.6) is 5.75 Å². The summed E-state index contributed by atoms with van der Waals surface area (Å²) in [5, 5.41) is 4.36. The molecule has 0 radical (unpaired) electrons. The Morgan fingerprint density at radius 2 is 2.00 bits per heavy atom. The van der Waals surface area contributed by atoms with Crippen molar-refractivity contribution in [1.29, 1.82) is 0 Å². The van der Waals surface area contributed by atoms with Gasteiger partial charge in [0.15, 0.2) is 0 Å². The number of hydrogen-bond acceptors (Lipinski definition) is 3. The molecule has 3 nitrogen and oxygen atoms in total. The third-order valence-electron chi connectivity index (χ3n) is 3.09. The van der Waals surface area contributed by atoms with Crippen LogP contribution in [0.2, 0.25) is 10.0 Å². The van der Waals surface area contributed by atoms with E-state index >= 15 is 0 Å². The van der Waals surface area contributed by atoms with Crippen molar-refractivity contribution in [2.24, 2.45) is 0 Å². The molecule has 0 aliphatic carbocycles. The lowest BCUT2D eigenvalue weighted by Crippen LogP contribution is -2.13. The minimum Gasteiger partial charge on any atom is -0.486 e. The van der Waals surface area contributed by atoms with Crippen LogP contribution >= 0.6 is 23.2 Å². The zero-order valence-electron chi connectivity index (χ0n) is 12.2. The third-order valence-corrected chi connectivity index (χ3v) is 3.83. The van der Waals surface area contributed by atoms with Crippen LogP contribution in [0, 0.1) is 6.92 Å². The van der Waals surface area contributed by atoms with Crippen molar-refractivity contribution in [3.63, 3.8) is 0 Å². The first-order valence-electron chi connectivity index (χ1n) is 6.97. The van der Waals surface area contributed by atoms with Gasteiger partial charge in [-0.05, 0) is 38.1 Å². The van der Waals surface area contributed by atoms with E-state index in [9.17, 15) is 0 Å². The fourth-order valence-electron chi connectivity index (χ4n) is 1.96. The molecule has 1 N–H and O–H groups in total. The van der Waals surface area contributed by atoms with Crippen LogP contribution in [-0.2, 0) is 13.2 Å². The summed E-state index contributed by atoms with van der Waals surface area (Å²) in [5.41, 5.74) is 1.16. The van der Waals surface area contributed by atoms with E-state index in [0.29, 0.717) is 22.4 Å². The lowest BCUT2D eigenvalue weighted by Gasteiger charge is -2.05. The summed E-state index contributed by atoms with van der Waals surface area (Å²) < 4.78 is 11.4. The van der Waals surface area contributed by atoms with E-state index in [1.165, 1.54) is 0 Å². The van der Waals surface area contributed by atoms with Crippen LogP contribution in [0.3, 0.4) is 0 Å². The Morgan fingerprint density at radius 3 is 2.71 bits per heavy atom. The second-order valence-electron chi connectivity index (χ2n) is 4.84. The smallest absolute Gasteiger partial charge is 0.146 e. The van der Waals surface area contributed by atoms with Gasteiger partial charge in [0.2, 0.25) is 0 Å². The zero-order chi connectivity index (χ0) is 15.2. The quantitative estimate of drug-likeness (QED) is 0.729. The molecular weight excluding hydrogens is 309 g/mol. The van der Waals surface area contributed by atoms with Crippen molar-refractivity contribution in [3.8, 4) is 5.75 Å². The molecule has 2 rings (SSSR count). The molecule has 0 saturated carbocycles. The van der Waals surface area contributed by atoms with Crippen LogP contribution in [0.15, 0.2) is 28.7 Å². The van der Waals surface area contributed by atoms with Crippen LogP contribution in [-0.4, -0.2) is 6.54 Å². The van der Waals surface area contributed by atoms with Crippen molar-refractivity contribution in [2.45, 2.75) is 33.4 Å². The Morgan fingerprint density at radius 1 is 1.19 bits per heavy atom. The highest BCUT2D eigenvalue weighted by Gasteiger charge is 2.08. The van der Waals surface area contributed by atoms with Crippen molar-refractivity contribution in [2.75, 3.05) is 6.54 Å². The molecule has 0 aliphatic heterocycles. The molecule has 0 unspecified atom stereocenters. The fraction of sp³-hybridized carbons (Fsp3) is 0.375. The summed E-state index contributed by atoms with van der Waals surface area (Å²) in [4.78, 5) is 0. The third kappa shape index (κ3) is 4.67. The van der Waals surface area contributed by atoms with Crippen LogP contribution < -0.4 is 10.1 Å². The molecule has 5 heteroatoms. The lowest BCUT2D eigenvalue weighted by atomic mass is 10.2. The first-order chi connectivity index (χ1) is 10.1. The molecule has 1 aromatic heterocycles. The van der Waals surface area contributed by atoms with Gasteiger partial charge >= 0.3 is 0 Å². The van der Waals surface area contributed by atoms with Gasteiger partial charge in [-0.1, -0.05) is 30.1 Å². The number of ether oxygens (including phenoxy) is 1. The average Bonchev–Trinajstić information content (AvgIpc) is 2.81. The molecule has 0 atom stereocenters. The molecule has 0 spiro atoms. The molecule has 1 heterocycles. The van der Waals surface area contributed by atoms with Crippen LogP contribution in [0.4, 0.5) is 0 Å². The van der Waals surface area contributed by atoms with E-state index < -0.39 is 0 Å². The maximum Gasteiger partial charge on any atom is 0.146 e. The summed E-state index contributed by atoms with van der Waals surface area (Å²) >= 11 is 11.8. The first kappa shape index (κ1) is 16.2. The maximum absolute atomic E-state index is 5.95. The van der Waals surface area contributed by atoms with E-state index in [1.807, 2.05) is 13.0 Å². The second-order valence-corrected chi connectivity index (χ2v) is 5.65.